The molecule has 3 aromatic rings. The van der Waals surface area contributed by atoms with Crippen molar-refractivity contribution in [1.82, 2.24) is 0 Å². The number of rotatable bonds is 2. The molecule has 1 radical (unpaired) electrons. The number of nitriles is 1. The monoisotopic (exact) mass is 242 g/mol. The van der Waals surface area contributed by atoms with E-state index >= 15 is 0 Å². The Labute approximate surface area is 112 Å². The van der Waals surface area contributed by atoms with Crippen LogP contribution in [0.1, 0.15) is 17.0 Å². The van der Waals surface area contributed by atoms with Crippen LogP contribution in [-0.4, -0.2) is 0 Å². The van der Waals surface area contributed by atoms with E-state index in [0.29, 0.717) is 0 Å². The highest BCUT2D eigenvalue weighted by atomic mass is 14.3. The molecule has 3 aromatic carbocycles. The normalized spacial score (nSPS) is 11.9. The van der Waals surface area contributed by atoms with Crippen molar-refractivity contribution in [3.05, 3.63) is 83.9 Å². The van der Waals surface area contributed by atoms with Gasteiger partial charge in [0.2, 0.25) is 0 Å². The zero-order valence-electron chi connectivity index (χ0n) is 10.4. The van der Waals surface area contributed by atoms with Gasteiger partial charge in [-0.05, 0) is 28.0 Å². The molecule has 3 rings (SSSR count). The van der Waals surface area contributed by atoms with Crippen LogP contribution in [0.15, 0.2) is 66.7 Å². The van der Waals surface area contributed by atoms with E-state index in [-0.39, 0.29) is 5.92 Å². The van der Waals surface area contributed by atoms with Crippen LogP contribution in [0.3, 0.4) is 0 Å². The van der Waals surface area contributed by atoms with Gasteiger partial charge in [0.05, 0.1) is 12.0 Å². The van der Waals surface area contributed by atoms with Crippen molar-refractivity contribution in [2.45, 2.75) is 5.92 Å². The van der Waals surface area contributed by atoms with Crippen molar-refractivity contribution in [3.8, 4) is 6.07 Å². The molecule has 0 aliphatic heterocycles. The Kier molecular flexibility index (Phi) is 3.00. The molecule has 1 unspecified atom stereocenters. The van der Waals surface area contributed by atoms with Gasteiger partial charge in [-0.15, -0.1) is 0 Å². The molecule has 0 aromatic heterocycles. The van der Waals surface area contributed by atoms with Gasteiger partial charge in [0.25, 0.3) is 0 Å². The van der Waals surface area contributed by atoms with E-state index in [9.17, 15) is 5.26 Å². The maximum absolute atomic E-state index is 9.52. The van der Waals surface area contributed by atoms with E-state index in [1.807, 2.05) is 48.5 Å². The average Bonchev–Trinajstić information content (AvgIpc) is 2.49. The second-order valence-electron chi connectivity index (χ2n) is 4.45. The van der Waals surface area contributed by atoms with E-state index in [1.54, 1.807) is 0 Å². The molecule has 0 saturated carbocycles. The Morgan fingerprint density at radius 2 is 1.68 bits per heavy atom. The van der Waals surface area contributed by atoms with Crippen LogP contribution >= 0.6 is 0 Å². The highest BCUT2D eigenvalue weighted by Gasteiger charge is 2.15. The van der Waals surface area contributed by atoms with Crippen LogP contribution in [0.2, 0.25) is 0 Å². The molecule has 0 fully saturated rings. The minimum Gasteiger partial charge on any atom is -0.197 e. The molecule has 19 heavy (non-hydrogen) atoms. The quantitative estimate of drug-likeness (QED) is 0.657. The fourth-order valence-electron chi connectivity index (χ4n) is 2.40. The summed E-state index contributed by atoms with van der Waals surface area (Å²) in [5.74, 6) is -0.271. The molecule has 1 nitrogen and oxygen atoms in total. The minimum atomic E-state index is -0.271. The molecular weight excluding hydrogens is 230 g/mol. The average molecular weight is 242 g/mol. The van der Waals surface area contributed by atoms with Crippen molar-refractivity contribution in [2.24, 2.45) is 0 Å². The summed E-state index contributed by atoms with van der Waals surface area (Å²) in [6, 6.07) is 27.5. The molecule has 0 saturated heterocycles. The van der Waals surface area contributed by atoms with Gasteiger partial charge in [-0.25, -0.2) is 0 Å². The van der Waals surface area contributed by atoms with E-state index < -0.39 is 0 Å². The fourth-order valence-corrected chi connectivity index (χ4v) is 2.40. The van der Waals surface area contributed by atoms with E-state index in [1.165, 1.54) is 0 Å². The van der Waals surface area contributed by atoms with E-state index in [2.05, 4.69) is 30.3 Å². The lowest BCUT2D eigenvalue weighted by molar-refractivity contribution is 1.05. The first-order valence-electron chi connectivity index (χ1n) is 6.24. The Hall–Kier alpha value is -2.59. The standard InChI is InChI=1S/C18H12N/c19-13-18(15-7-2-1-3-8-15)17-12-6-10-14-9-4-5-11-16(14)17/h1-7,9-12,18H. The molecule has 89 valence electrons. The van der Waals surface area contributed by atoms with Crippen LogP contribution < -0.4 is 0 Å². The summed E-state index contributed by atoms with van der Waals surface area (Å²) in [6.07, 6.45) is 0. The molecular formula is C18H12N. The highest BCUT2D eigenvalue weighted by Crippen LogP contribution is 2.29. The van der Waals surface area contributed by atoms with Crippen molar-refractivity contribution in [1.29, 1.82) is 5.26 Å². The topological polar surface area (TPSA) is 23.8 Å². The van der Waals surface area contributed by atoms with Crippen molar-refractivity contribution < 1.29 is 0 Å². The summed E-state index contributed by atoms with van der Waals surface area (Å²) < 4.78 is 0. The van der Waals surface area contributed by atoms with E-state index in [0.717, 1.165) is 21.9 Å². The molecule has 0 amide bonds. The minimum absolute atomic E-state index is 0.271. The molecule has 0 aliphatic carbocycles. The summed E-state index contributed by atoms with van der Waals surface area (Å²) in [4.78, 5) is 0. The zero-order valence-corrected chi connectivity index (χ0v) is 10.4. The molecule has 1 heteroatoms. The summed E-state index contributed by atoms with van der Waals surface area (Å²) >= 11 is 0. The third kappa shape index (κ3) is 2.09. The van der Waals surface area contributed by atoms with E-state index in [4.69, 9.17) is 0 Å². The van der Waals surface area contributed by atoms with Crippen LogP contribution in [0, 0.1) is 17.4 Å². The first-order valence-corrected chi connectivity index (χ1v) is 6.24. The Balaban J connectivity index is 2.21. The summed E-state index contributed by atoms with van der Waals surface area (Å²) in [6.45, 7) is 0. The second-order valence-corrected chi connectivity index (χ2v) is 4.45. The molecule has 0 spiro atoms. The van der Waals surface area contributed by atoms with Gasteiger partial charge in [-0.2, -0.15) is 5.26 Å². The number of hydrogen-bond donors (Lipinski definition) is 0. The van der Waals surface area contributed by atoms with Crippen LogP contribution in [0.5, 0.6) is 0 Å². The molecule has 1 atom stereocenters. The van der Waals surface area contributed by atoms with Crippen LogP contribution in [0.25, 0.3) is 10.8 Å². The highest BCUT2D eigenvalue weighted by molar-refractivity contribution is 5.86. The lowest BCUT2D eigenvalue weighted by Gasteiger charge is -2.12. The largest absolute Gasteiger partial charge is 0.197 e. The van der Waals surface area contributed by atoms with Gasteiger partial charge in [0.15, 0.2) is 0 Å². The number of nitrogens with zero attached hydrogens (tertiary/aromatic N) is 1. The predicted octanol–water partition coefficient (Wildman–Crippen LogP) is 4.30. The molecule has 0 N–H and O–H groups in total. The maximum Gasteiger partial charge on any atom is 0.0974 e. The summed E-state index contributed by atoms with van der Waals surface area (Å²) in [7, 11) is 0. The van der Waals surface area contributed by atoms with Crippen LogP contribution in [-0.2, 0) is 0 Å². The first kappa shape index (κ1) is 11.5. The van der Waals surface area contributed by atoms with Crippen LogP contribution in [0.4, 0.5) is 0 Å². The van der Waals surface area contributed by atoms with Gasteiger partial charge < -0.3 is 0 Å². The van der Waals surface area contributed by atoms with Crippen molar-refractivity contribution >= 4 is 10.8 Å². The van der Waals surface area contributed by atoms with Gasteiger partial charge in [0, 0.05) is 0 Å². The Bertz CT molecular complexity index is 733. The van der Waals surface area contributed by atoms with Gasteiger partial charge in [-0.3, -0.25) is 0 Å². The summed E-state index contributed by atoms with van der Waals surface area (Å²) in [5, 5.41) is 11.8. The SMILES string of the molecule is N#CC(c1[c]cccc1)c1cccc2ccccc12. The smallest absolute Gasteiger partial charge is 0.0974 e. The van der Waals surface area contributed by atoms with Gasteiger partial charge in [0.1, 0.15) is 0 Å². The van der Waals surface area contributed by atoms with Crippen molar-refractivity contribution in [2.75, 3.05) is 0 Å². The molecule has 0 bridgehead atoms. The number of benzene rings is 3. The Morgan fingerprint density at radius 3 is 2.47 bits per heavy atom. The molecule has 0 aliphatic rings. The lowest BCUT2D eigenvalue weighted by atomic mass is 9.89. The fraction of sp³-hybridized carbons (Fsp3) is 0.0556. The molecule has 0 heterocycles. The first-order chi connectivity index (χ1) is 9.40. The van der Waals surface area contributed by atoms with Gasteiger partial charge >= 0.3 is 0 Å². The van der Waals surface area contributed by atoms with Crippen molar-refractivity contribution in [3.63, 3.8) is 0 Å². The second kappa shape index (κ2) is 4.96. The lowest BCUT2D eigenvalue weighted by Crippen LogP contribution is -1.99. The number of fused-ring (bicyclic) bond motifs is 1. The zero-order chi connectivity index (χ0) is 13.1. The third-order valence-electron chi connectivity index (χ3n) is 3.31. The predicted molar refractivity (Wildman–Crippen MR) is 76.7 cm³/mol. The van der Waals surface area contributed by atoms with Gasteiger partial charge in [-0.1, -0.05) is 66.7 Å². The third-order valence-corrected chi connectivity index (χ3v) is 3.31. The summed E-state index contributed by atoms with van der Waals surface area (Å²) in [5.41, 5.74) is 1.96. The number of hydrogen-bond acceptors (Lipinski definition) is 1. The Morgan fingerprint density at radius 1 is 0.895 bits per heavy atom. The maximum atomic E-state index is 9.52.